The SMILES string of the molecule is Cc1ccc(S(=O)(=O)Nc2ccc(C(=O)Nc3cc(C)cc(C)c3)cc2)cc1. The van der Waals surface area contributed by atoms with E-state index in [1.807, 2.05) is 39.0 Å². The second-order valence-electron chi connectivity index (χ2n) is 6.83. The van der Waals surface area contributed by atoms with Crippen LogP contribution in [0.25, 0.3) is 0 Å². The van der Waals surface area contributed by atoms with Gasteiger partial charge in [-0.25, -0.2) is 8.42 Å². The predicted molar refractivity (Wildman–Crippen MR) is 112 cm³/mol. The second-order valence-corrected chi connectivity index (χ2v) is 8.51. The van der Waals surface area contributed by atoms with Crippen LogP contribution in [0.3, 0.4) is 0 Å². The number of rotatable bonds is 5. The number of carbonyl (C=O) groups excluding carboxylic acids is 1. The number of hydrogen-bond donors (Lipinski definition) is 2. The molecule has 2 N–H and O–H groups in total. The minimum Gasteiger partial charge on any atom is -0.322 e. The number of nitrogens with one attached hydrogen (secondary N) is 2. The zero-order valence-electron chi connectivity index (χ0n) is 16.0. The van der Waals surface area contributed by atoms with E-state index in [2.05, 4.69) is 10.0 Å². The van der Waals surface area contributed by atoms with Crippen LogP contribution in [0.2, 0.25) is 0 Å². The van der Waals surface area contributed by atoms with Crippen molar-refractivity contribution in [1.29, 1.82) is 0 Å². The minimum atomic E-state index is -3.67. The Morgan fingerprint density at radius 2 is 1.29 bits per heavy atom. The van der Waals surface area contributed by atoms with Crippen LogP contribution in [0.5, 0.6) is 0 Å². The number of aryl methyl sites for hydroxylation is 3. The second kappa shape index (κ2) is 7.86. The van der Waals surface area contributed by atoms with E-state index in [1.54, 1.807) is 48.5 Å². The number of amides is 1. The summed E-state index contributed by atoms with van der Waals surface area (Å²) in [6.45, 7) is 5.83. The van der Waals surface area contributed by atoms with Crippen molar-refractivity contribution in [1.82, 2.24) is 0 Å². The normalized spacial score (nSPS) is 11.1. The highest BCUT2D eigenvalue weighted by Crippen LogP contribution is 2.19. The van der Waals surface area contributed by atoms with Crippen LogP contribution < -0.4 is 10.0 Å². The maximum Gasteiger partial charge on any atom is 0.261 e. The fourth-order valence-corrected chi connectivity index (χ4v) is 3.93. The number of benzene rings is 3. The van der Waals surface area contributed by atoms with Crippen molar-refractivity contribution in [3.8, 4) is 0 Å². The summed E-state index contributed by atoms with van der Waals surface area (Å²) in [5.41, 5.74) is 4.68. The van der Waals surface area contributed by atoms with Crippen LogP contribution in [0.1, 0.15) is 27.0 Å². The Morgan fingerprint density at radius 1 is 0.714 bits per heavy atom. The third-order valence-electron chi connectivity index (χ3n) is 4.21. The molecule has 5 nitrogen and oxygen atoms in total. The predicted octanol–water partition coefficient (Wildman–Crippen LogP) is 4.66. The van der Waals surface area contributed by atoms with Gasteiger partial charge >= 0.3 is 0 Å². The molecule has 3 rings (SSSR count). The minimum absolute atomic E-state index is 0.190. The van der Waals surface area contributed by atoms with Gasteiger partial charge < -0.3 is 5.32 Å². The molecule has 3 aromatic rings. The van der Waals surface area contributed by atoms with Crippen LogP contribution in [-0.2, 0) is 10.0 Å². The number of anilines is 2. The van der Waals surface area contributed by atoms with E-state index in [1.165, 1.54) is 0 Å². The monoisotopic (exact) mass is 394 g/mol. The lowest BCUT2D eigenvalue weighted by molar-refractivity contribution is 0.102. The van der Waals surface area contributed by atoms with Crippen LogP contribution in [0.15, 0.2) is 71.6 Å². The van der Waals surface area contributed by atoms with Crippen LogP contribution in [0.4, 0.5) is 11.4 Å². The highest BCUT2D eigenvalue weighted by molar-refractivity contribution is 7.92. The Hall–Kier alpha value is -3.12. The first-order chi connectivity index (χ1) is 13.2. The fourth-order valence-electron chi connectivity index (χ4n) is 2.87. The molecule has 0 aliphatic heterocycles. The molecular weight excluding hydrogens is 372 g/mol. The highest BCUT2D eigenvalue weighted by Gasteiger charge is 2.14. The molecule has 0 unspecified atom stereocenters. The Kier molecular flexibility index (Phi) is 5.51. The first kappa shape index (κ1) is 19.6. The van der Waals surface area contributed by atoms with Crippen molar-refractivity contribution in [3.63, 3.8) is 0 Å². The highest BCUT2D eigenvalue weighted by atomic mass is 32.2. The quantitative estimate of drug-likeness (QED) is 0.661. The molecule has 0 aliphatic carbocycles. The van der Waals surface area contributed by atoms with Crippen molar-refractivity contribution < 1.29 is 13.2 Å². The molecule has 0 heterocycles. The maximum absolute atomic E-state index is 12.4. The molecule has 0 spiro atoms. The van der Waals surface area contributed by atoms with Crippen molar-refractivity contribution in [3.05, 3.63) is 89.0 Å². The summed E-state index contributed by atoms with van der Waals surface area (Å²) in [5, 5.41) is 2.86. The Bertz CT molecular complexity index is 1080. The lowest BCUT2D eigenvalue weighted by atomic mass is 10.1. The van der Waals surface area contributed by atoms with Gasteiger partial charge in [0, 0.05) is 16.9 Å². The van der Waals surface area contributed by atoms with E-state index in [0.717, 1.165) is 22.4 Å². The summed E-state index contributed by atoms with van der Waals surface area (Å²) in [7, 11) is -3.67. The van der Waals surface area contributed by atoms with Gasteiger partial charge in [-0.3, -0.25) is 9.52 Å². The maximum atomic E-state index is 12.4. The molecule has 1 amide bonds. The average molecular weight is 394 g/mol. The molecule has 0 radical (unpaired) electrons. The molecule has 28 heavy (non-hydrogen) atoms. The van der Waals surface area contributed by atoms with Gasteiger partial charge in [0.05, 0.1) is 4.90 Å². The smallest absolute Gasteiger partial charge is 0.261 e. The standard InChI is InChI=1S/C22H22N2O3S/c1-15-4-10-21(11-5-15)28(26,27)24-19-8-6-18(7-9-19)22(25)23-20-13-16(2)12-17(3)14-20/h4-14,24H,1-3H3,(H,23,25). The first-order valence-electron chi connectivity index (χ1n) is 8.82. The summed E-state index contributed by atoms with van der Waals surface area (Å²) in [6, 6.07) is 18.8. The third kappa shape index (κ3) is 4.78. The molecule has 0 atom stereocenters. The summed E-state index contributed by atoms with van der Waals surface area (Å²) >= 11 is 0. The zero-order valence-corrected chi connectivity index (χ0v) is 16.8. The molecule has 0 saturated carbocycles. The topological polar surface area (TPSA) is 75.3 Å². The van der Waals surface area contributed by atoms with Crippen molar-refractivity contribution >= 4 is 27.3 Å². The van der Waals surface area contributed by atoms with E-state index >= 15 is 0 Å². The van der Waals surface area contributed by atoms with Gasteiger partial charge in [0.15, 0.2) is 0 Å². The van der Waals surface area contributed by atoms with Gasteiger partial charge in [-0.2, -0.15) is 0 Å². The third-order valence-corrected chi connectivity index (χ3v) is 5.61. The summed E-state index contributed by atoms with van der Waals surface area (Å²) < 4.78 is 27.4. The molecule has 144 valence electrons. The number of carbonyl (C=O) groups is 1. The van der Waals surface area contributed by atoms with Crippen LogP contribution in [0, 0.1) is 20.8 Å². The summed E-state index contributed by atoms with van der Waals surface area (Å²) in [6.07, 6.45) is 0. The van der Waals surface area contributed by atoms with Crippen LogP contribution in [-0.4, -0.2) is 14.3 Å². The Labute approximate surface area is 165 Å². The molecule has 6 heteroatoms. The summed E-state index contributed by atoms with van der Waals surface area (Å²) in [4.78, 5) is 12.6. The van der Waals surface area contributed by atoms with E-state index in [-0.39, 0.29) is 10.8 Å². The van der Waals surface area contributed by atoms with E-state index < -0.39 is 10.0 Å². The van der Waals surface area contributed by atoms with Gasteiger partial charge in [-0.1, -0.05) is 23.8 Å². The molecule has 3 aromatic carbocycles. The molecule has 0 aliphatic rings. The van der Waals surface area contributed by atoms with Gasteiger partial charge in [0.2, 0.25) is 0 Å². The van der Waals surface area contributed by atoms with E-state index in [0.29, 0.717) is 11.3 Å². The Balaban J connectivity index is 1.72. The van der Waals surface area contributed by atoms with Gasteiger partial charge in [-0.05, 0) is 80.4 Å². The molecule has 0 bridgehead atoms. The number of sulfonamides is 1. The van der Waals surface area contributed by atoms with E-state index in [4.69, 9.17) is 0 Å². The van der Waals surface area contributed by atoms with Crippen molar-refractivity contribution in [2.45, 2.75) is 25.7 Å². The first-order valence-corrected chi connectivity index (χ1v) is 10.3. The van der Waals surface area contributed by atoms with E-state index in [9.17, 15) is 13.2 Å². The molecular formula is C22H22N2O3S. The van der Waals surface area contributed by atoms with Crippen LogP contribution >= 0.6 is 0 Å². The fraction of sp³-hybridized carbons (Fsp3) is 0.136. The van der Waals surface area contributed by atoms with Gasteiger partial charge in [0.1, 0.15) is 0 Å². The number of hydrogen-bond acceptors (Lipinski definition) is 3. The lowest BCUT2D eigenvalue weighted by Crippen LogP contribution is -2.14. The van der Waals surface area contributed by atoms with Crippen molar-refractivity contribution in [2.75, 3.05) is 10.0 Å². The zero-order chi connectivity index (χ0) is 20.3. The molecule has 0 fully saturated rings. The van der Waals surface area contributed by atoms with Crippen molar-refractivity contribution in [2.24, 2.45) is 0 Å². The Morgan fingerprint density at radius 3 is 1.86 bits per heavy atom. The largest absolute Gasteiger partial charge is 0.322 e. The molecule has 0 aromatic heterocycles. The lowest BCUT2D eigenvalue weighted by Gasteiger charge is -2.10. The molecule has 0 saturated heterocycles. The summed E-state index contributed by atoms with van der Waals surface area (Å²) in [5.74, 6) is -0.252. The van der Waals surface area contributed by atoms with Gasteiger partial charge in [0.25, 0.3) is 15.9 Å². The average Bonchev–Trinajstić information content (AvgIpc) is 2.61. The van der Waals surface area contributed by atoms with Gasteiger partial charge in [-0.15, -0.1) is 0 Å².